The number of aryl methyl sites for hydroxylation is 1. The summed E-state index contributed by atoms with van der Waals surface area (Å²) in [4.78, 5) is 26.9. The second-order valence-electron chi connectivity index (χ2n) is 7.56. The number of ether oxygens (including phenoxy) is 2. The number of carbonyl (C=O) groups excluding carboxylic acids is 2. The van der Waals surface area contributed by atoms with E-state index in [0.717, 1.165) is 41.0 Å². The number of methoxy groups -OCH3 is 2. The van der Waals surface area contributed by atoms with Gasteiger partial charge in [0.05, 0.1) is 20.8 Å². The van der Waals surface area contributed by atoms with Gasteiger partial charge in [-0.25, -0.2) is 4.79 Å². The van der Waals surface area contributed by atoms with E-state index < -0.39 is 6.03 Å². The van der Waals surface area contributed by atoms with E-state index in [9.17, 15) is 9.59 Å². The van der Waals surface area contributed by atoms with E-state index in [1.807, 2.05) is 50.2 Å². The number of amides is 3. The largest absolute Gasteiger partial charge is 0.497 e. The number of nitrogens with one attached hydrogen (secondary N) is 2. The SMILES string of the molecule is COc1ccc(OC)c(CN(CC(=O)NC(=O)Nc2cccc(C)c2C)C2CC2)c1. The van der Waals surface area contributed by atoms with Crippen molar-refractivity contribution in [1.82, 2.24) is 10.2 Å². The van der Waals surface area contributed by atoms with E-state index in [1.54, 1.807) is 14.2 Å². The molecule has 0 atom stereocenters. The standard InChI is InChI=1S/C23H29N3O4/c1-15-6-5-7-20(16(15)2)24-23(28)25-22(27)14-26(18-8-9-18)13-17-12-19(29-3)10-11-21(17)30-4/h5-7,10-12,18H,8-9,13-14H2,1-4H3,(H2,24,25,27,28). The van der Waals surface area contributed by atoms with Crippen molar-refractivity contribution in [3.05, 3.63) is 53.1 Å². The molecule has 2 N–H and O–H groups in total. The number of carbonyl (C=O) groups is 2. The Hall–Kier alpha value is -3.06. The summed E-state index contributed by atoms with van der Waals surface area (Å²) in [5, 5.41) is 5.20. The molecule has 1 saturated carbocycles. The van der Waals surface area contributed by atoms with Crippen LogP contribution in [0.1, 0.15) is 29.5 Å². The maximum Gasteiger partial charge on any atom is 0.325 e. The van der Waals surface area contributed by atoms with Crippen LogP contribution in [-0.2, 0) is 11.3 Å². The van der Waals surface area contributed by atoms with Gasteiger partial charge in [-0.3, -0.25) is 15.0 Å². The summed E-state index contributed by atoms with van der Waals surface area (Å²) in [5.74, 6) is 1.14. The number of urea groups is 1. The first-order valence-corrected chi connectivity index (χ1v) is 10.0. The van der Waals surface area contributed by atoms with Crippen molar-refractivity contribution in [1.29, 1.82) is 0 Å². The summed E-state index contributed by atoms with van der Waals surface area (Å²) in [6.45, 7) is 4.58. The lowest BCUT2D eigenvalue weighted by molar-refractivity contribution is -0.121. The Kier molecular flexibility index (Phi) is 6.95. The maximum atomic E-state index is 12.5. The molecule has 0 radical (unpaired) electrons. The van der Waals surface area contributed by atoms with Crippen molar-refractivity contribution in [2.24, 2.45) is 0 Å². The van der Waals surface area contributed by atoms with Crippen LogP contribution in [0.5, 0.6) is 11.5 Å². The summed E-state index contributed by atoms with van der Waals surface area (Å²) >= 11 is 0. The highest BCUT2D eigenvalue weighted by Crippen LogP contribution is 2.31. The lowest BCUT2D eigenvalue weighted by Crippen LogP contribution is -2.42. The molecule has 0 unspecified atom stereocenters. The van der Waals surface area contributed by atoms with Gasteiger partial charge in [0.2, 0.25) is 5.91 Å². The number of anilines is 1. The van der Waals surface area contributed by atoms with E-state index in [1.165, 1.54) is 0 Å². The third kappa shape index (κ3) is 5.51. The van der Waals surface area contributed by atoms with Gasteiger partial charge in [-0.15, -0.1) is 0 Å². The molecule has 0 heterocycles. The third-order valence-corrected chi connectivity index (χ3v) is 5.38. The molecule has 0 aliphatic heterocycles. The minimum absolute atomic E-state index is 0.130. The summed E-state index contributed by atoms with van der Waals surface area (Å²) in [6, 6.07) is 11.1. The van der Waals surface area contributed by atoms with E-state index in [4.69, 9.17) is 9.47 Å². The molecular weight excluding hydrogens is 382 g/mol. The molecule has 0 bridgehead atoms. The molecular formula is C23H29N3O4. The molecule has 1 aliphatic rings. The predicted molar refractivity (Wildman–Crippen MR) is 116 cm³/mol. The van der Waals surface area contributed by atoms with Crippen LogP contribution < -0.4 is 20.1 Å². The zero-order valence-corrected chi connectivity index (χ0v) is 18.0. The molecule has 0 aromatic heterocycles. The van der Waals surface area contributed by atoms with Gasteiger partial charge in [0, 0.05) is 23.8 Å². The smallest absolute Gasteiger partial charge is 0.325 e. The Morgan fingerprint density at radius 3 is 2.53 bits per heavy atom. The van der Waals surface area contributed by atoms with Crippen LogP contribution in [-0.4, -0.2) is 43.6 Å². The molecule has 160 valence electrons. The molecule has 0 spiro atoms. The van der Waals surface area contributed by atoms with Crippen LogP contribution >= 0.6 is 0 Å². The third-order valence-electron chi connectivity index (χ3n) is 5.38. The fourth-order valence-electron chi connectivity index (χ4n) is 3.37. The van der Waals surface area contributed by atoms with Crippen LogP contribution in [0.15, 0.2) is 36.4 Å². The van der Waals surface area contributed by atoms with Crippen LogP contribution in [0.4, 0.5) is 10.5 Å². The minimum Gasteiger partial charge on any atom is -0.497 e. The average Bonchev–Trinajstić information content (AvgIpc) is 3.56. The number of benzene rings is 2. The molecule has 30 heavy (non-hydrogen) atoms. The van der Waals surface area contributed by atoms with Gasteiger partial charge in [0.25, 0.3) is 0 Å². The molecule has 7 heteroatoms. The molecule has 2 aromatic carbocycles. The summed E-state index contributed by atoms with van der Waals surface area (Å²) in [6.07, 6.45) is 2.07. The number of hydrogen-bond donors (Lipinski definition) is 2. The molecule has 7 nitrogen and oxygen atoms in total. The van der Waals surface area contributed by atoms with Gasteiger partial charge in [-0.1, -0.05) is 12.1 Å². The van der Waals surface area contributed by atoms with Crippen molar-refractivity contribution >= 4 is 17.6 Å². The number of imide groups is 1. The van der Waals surface area contributed by atoms with E-state index in [2.05, 4.69) is 15.5 Å². The Bertz CT molecular complexity index is 925. The van der Waals surface area contributed by atoms with Crippen LogP contribution in [0, 0.1) is 13.8 Å². The summed E-state index contributed by atoms with van der Waals surface area (Å²) < 4.78 is 10.8. The highest BCUT2D eigenvalue weighted by atomic mass is 16.5. The first-order chi connectivity index (χ1) is 14.4. The molecule has 2 aromatic rings. The number of rotatable bonds is 8. The molecule has 3 amide bonds. The minimum atomic E-state index is -0.525. The van der Waals surface area contributed by atoms with Crippen LogP contribution in [0.25, 0.3) is 0 Å². The van der Waals surface area contributed by atoms with E-state index in [-0.39, 0.29) is 12.5 Å². The Labute approximate surface area is 177 Å². The van der Waals surface area contributed by atoms with Gasteiger partial charge < -0.3 is 14.8 Å². The number of nitrogens with zero attached hydrogens (tertiary/aromatic N) is 1. The van der Waals surface area contributed by atoms with Gasteiger partial charge in [-0.2, -0.15) is 0 Å². The Morgan fingerprint density at radius 1 is 1.10 bits per heavy atom. The second kappa shape index (κ2) is 9.63. The van der Waals surface area contributed by atoms with E-state index >= 15 is 0 Å². The van der Waals surface area contributed by atoms with E-state index in [0.29, 0.717) is 18.3 Å². The Morgan fingerprint density at radius 2 is 1.87 bits per heavy atom. The van der Waals surface area contributed by atoms with Gasteiger partial charge >= 0.3 is 6.03 Å². The second-order valence-corrected chi connectivity index (χ2v) is 7.56. The van der Waals surface area contributed by atoms with Crippen molar-refractivity contribution in [3.63, 3.8) is 0 Å². The first-order valence-electron chi connectivity index (χ1n) is 10.0. The monoisotopic (exact) mass is 411 g/mol. The van der Waals surface area contributed by atoms with Gasteiger partial charge in [0.15, 0.2) is 0 Å². The number of hydrogen-bond acceptors (Lipinski definition) is 5. The zero-order valence-electron chi connectivity index (χ0n) is 18.0. The first kappa shape index (κ1) is 21.6. The molecule has 3 rings (SSSR count). The topological polar surface area (TPSA) is 79.9 Å². The van der Waals surface area contributed by atoms with Crippen molar-refractivity contribution in [2.75, 3.05) is 26.1 Å². The average molecular weight is 412 g/mol. The molecule has 1 aliphatic carbocycles. The Balaban J connectivity index is 1.62. The van der Waals surface area contributed by atoms with Gasteiger partial charge in [-0.05, 0) is 62.1 Å². The quantitative estimate of drug-likeness (QED) is 0.693. The maximum absolute atomic E-state index is 12.5. The van der Waals surface area contributed by atoms with Crippen LogP contribution in [0.3, 0.4) is 0 Å². The lowest BCUT2D eigenvalue weighted by Gasteiger charge is -2.23. The lowest BCUT2D eigenvalue weighted by atomic mass is 10.1. The summed E-state index contributed by atoms with van der Waals surface area (Å²) in [5.41, 5.74) is 3.69. The van der Waals surface area contributed by atoms with Gasteiger partial charge in [0.1, 0.15) is 11.5 Å². The highest BCUT2D eigenvalue weighted by molar-refractivity contribution is 6.02. The fraction of sp³-hybridized carbons (Fsp3) is 0.391. The predicted octanol–water partition coefficient (Wildman–Crippen LogP) is 3.63. The van der Waals surface area contributed by atoms with Crippen molar-refractivity contribution in [2.45, 2.75) is 39.3 Å². The fourth-order valence-corrected chi connectivity index (χ4v) is 3.37. The summed E-state index contributed by atoms with van der Waals surface area (Å²) in [7, 11) is 3.24. The van der Waals surface area contributed by atoms with Crippen molar-refractivity contribution < 1.29 is 19.1 Å². The van der Waals surface area contributed by atoms with Crippen molar-refractivity contribution in [3.8, 4) is 11.5 Å². The molecule has 1 fully saturated rings. The zero-order chi connectivity index (χ0) is 21.7. The molecule has 0 saturated heterocycles. The normalized spacial score (nSPS) is 13.1. The van der Waals surface area contributed by atoms with Crippen LogP contribution in [0.2, 0.25) is 0 Å². The highest BCUT2D eigenvalue weighted by Gasteiger charge is 2.31.